The van der Waals surface area contributed by atoms with Gasteiger partial charge in [-0.2, -0.15) is 0 Å². The van der Waals surface area contributed by atoms with Gasteiger partial charge in [0.1, 0.15) is 11.6 Å². The van der Waals surface area contributed by atoms with Gasteiger partial charge in [0.15, 0.2) is 0 Å². The van der Waals surface area contributed by atoms with E-state index >= 15 is 0 Å². The minimum Gasteiger partial charge on any atom is -0.478 e. The van der Waals surface area contributed by atoms with Crippen molar-refractivity contribution < 1.29 is 19.8 Å². The van der Waals surface area contributed by atoms with Crippen LogP contribution in [-0.4, -0.2) is 27.1 Å². The molecule has 0 atom stereocenters. The highest BCUT2D eigenvalue weighted by atomic mass is 16.4. The molecule has 0 spiro atoms. The Morgan fingerprint density at radius 1 is 1.06 bits per heavy atom. The summed E-state index contributed by atoms with van der Waals surface area (Å²) in [5.74, 6) is -1.59. The number of hydrogen-bond donors (Lipinski definition) is 4. The van der Waals surface area contributed by atoms with Crippen LogP contribution in [0.15, 0.2) is 30.4 Å². The lowest BCUT2D eigenvalue weighted by molar-refractivity contribution is -0.134. The van der Waals surface area contributed by atoms with Crippen molar-refractivity contribution in [2.45, 2.75) is 0 Å². The smallest absolute Gasteiger partial charge is 0.328 e. The number of hydrogen-bond acceptors (Lipinski definition) is 5. The molecule has 0 radical (unpaired) electrons. The van der Waals surface area contributed by atoms with Crippen molar-refractivity contribution in [3.63, 3.8) is 0 Å². The van der Waals surface area contributed by atoms with Crippen molar-refractivity contribution in [2.24, 2.45) is 0 Å². The van der Waals surface area contributed by atoms with Gasteiger partial charge >= 0.3 is 11.9 Å². The Balaban J connectivity index is 0.000000281. The minimum absolute atomic E-state index is 0.463. The fourth-order valence-electron chi connectivity index (χ4n) is 0.611. The summed E-state index contributed by atoms with van der Waals surface area (Å²) in [6.45, 7) is 0. The van der Waals surface area contributed by atoms with Crippen molar-refractivity contribution in [3.05, 3.63) is 30.4 Å². The van der Waals surface area contributed by atoms with Crippen LogP contribution in [0.3, 0.4) is 0 Å². The molecule has 0 aromatic carbocycles. The fraction of sp³-hybridized carbons (Fsp3) is 0. The van der Waals surface area contributed by atoms with Gasteiger partial charge < -0.3 is 21.7 Å². The summed E-state index contributed by atoms with van der Waals surface area (Å²) in [6.07, 6.45) is 1.12. The van der Waals surface area contributed by atoms with E-state index < -0.39 is 11.9 Å². The molecule has 0 amide bonds. The molecule has 0 bridgehead atoms. The predicted molar refractivity (Wildman–Crippen MR) is 57.5 cm³/mol. The van der Waals surface area contributed by atoms with Crippen LogP contribution in [0.4, 0.5) is 11.6 Å². The van der Waals surface area contributed by atoms with Gasteiger partial charge in [0.05, 0.1) is 0 Å². The molecule has 0 saturated heterocycles. The van der Waals surface area contributed by atoms with Gasteiger partial charge in [-0.15, -0.1) is 0 Å². The third-order valence-electron chi connectivity index (χ3n) is 1.16. The molecule has 0 unspecified atom stereocenters. The van der Waals surface area contributed by atoms with Gasteiger partial charge in [-0.05, 0) is 12.1 Å². The summed E-state index contributed by atoms with van der Waals surface area (Å²) < 4.78 is 0. The molecule has 1 heterocycles. The summed E-state index contributed by atoms with van der Waals surface area (Å²) >= 11 is 0. The lowest BCUT2D eigenvalue weighted by Crippen LogP contribution is -1.93. The molecule has 0 fully saturated rings. The third kappa shape index (κ3) is 8.05. The van der Waals surface area contributed by atoms with Crippen LogP contribution in [-0.2, 0) is 9.59 Å². The molecule has 1 rings (SSSR count). The van der Waals surface area contributed by atoms with E-state index in [2.05, 4.69) is 4.98 Å². The monoisotopic (exact) mass is 225 g/mol. The standard InChI is InChI=1S/C5H7N3.C4H4O4/c6-4-2-1-3-5(7)8-4;5-3(6)1-2-4(7)8/h1-3H,(H4,6,7,8);1-2H,(H,5,6)(H,7,8)/b;2-1-. The molecule has 1 aromatic rings. The number of nitrogens with two attached hydrogens (primary N) is 2. The summed E-state index contributed by atoms with van der Waals surface area (Å²) in [4.78, 5) is 22.8. The van der Waals surface area contributed by atoms with E-state index in [1.165, 1.54) is 0 Å². The van der Waals surface area contributed by atoms with E-state index in [0.717, 1.165) is 0 Å². The van der Waals surface area contributed by atoms with Crippen molar-refractivity contribution in [1.82, 2.24) is 4.98 Å². The minimum atomic E-state index is -1.26. The van der Waals surface area contributed by atoms with E-state index in [9.17, 15) is 9.59 Å². The predicted octanol–water partition coefficient (Wildman–Crippen LogP) is -0.0422. The lowest BCUT2D eigenvalue weighted by Gasteiger charge is -1.90. The molecule has 1 aromatic heterocycles. The number of rotatable bonds is 2. The molecular formula is C9H11N3O4. The summed E-state index contributed by atoms with van der Waals surface area (Å²) in [5.41, 5.74) is 10.5. The molecule has 7 nitrogen and oxygen atoms in total. The van der Waals surface area contributed by atoms with Crippen LogP contribution < -0.4 is 11.5 Å². The average Bonchev–Trinajstić information content (AvgIpc) is 2.15. The van der Waals surface area contributed by atoms with Gasteiger partial charge in [0, 0.05) is 12.2 Å². The number of carbonyl (C=O) groups is 2. The first-order chi connectivity index (χ1) is 7.41. The Bertz CT molecular complexity index is 370. The molecule has 0 aliphatic heterocycles. The zero-order valence-corrected chi connectivity index (χ0v) is 8.20. The molecule has 86 valence electrons. The zero-order valence-electron chi connectivity index (χ0n) is 8.20. The highest BCUT2D eigenvalue weighted by molar-refractivity contribution is 5.89. The third-order valence-corrected chi connectivity index (χ3v) is 1.16. The van der Waals surface area contributed by atoms with Gasteiger partial charge in [0.2, 0.25) is 0 Å². The first-order valence-electron chi connectivity index (χ1n) is 4.03. The summed E-state index contributed by atoms with van der Waals surface area (Å²) in [6, 6.07) is 5.14. The van der Waals surface area contributed by atoms with E-state index in [4.69, 9.17) is 21.7 Å². The zero-order chi connectivity index (χ0) is 12.6. The second kappa shape index (κ2) is 6.82. The Morgan fingerprint density at radius 3 is 1.62 bits per heavy atom. The van der Waals surface area contributed by atoms with Crippen LogP contribution >= 0.6 is 0 Å². The van der Waals surface area contributed by atoms with E-state index in [1.54, 1.807) is 18.2 Å². The Hall–Kier alpha value is -2.57. The normalized spacial score (nSPS) is 9.25. The average molecular weight is 225 g/mol. The molecular weight excluding hydrogens is 214 g/mol. The lowest BCUT2D eigenvalue weighted by atomic mass is 10.4. The van der Waals surface area contributed by atoms with Crippen molar-refractivity contribution in [3.8, 4) is 0 Å². The Labute approximate surface area is 91.0 Å². The second-order valence-corrected chi connectivity index (χ2v) is 2.50. The Kier molecular flexibility index (Phi) is 5.73. The topological polar surface area (TPSA) is 140 Å². The first-order valence-corrected chi connectivity index (χ1v) is 4.03. The number of nitrogen functional groups attached to an aromatic ring is 2. The maximum Gasteiger partial charge on any atom is 0.328 e. The molecule has 0 saturated carbocycles. The maximum atomic E-state index is 9.55. The molecule has 7 heteroatoms. The second-order valence-electron chi connectivity index (χ2n) is 2.50. The number of pyridine rings is 1. The van der Waals surface area contributed by atoms with E-state index in [1.807, 2.05) is 0 Å². The maximum absolute atomic E-state index is 9.55. The number of aliphatic carboxylic acids is 2. The highest BCUT2D eigenvalue weighted by Gasteiger charge is 1.88. The van der Waals surface area contributed by atoms with Crippen molar-refractivity contribution in [2.75, 3.05) is 11.5 Å². The van der Waals surface area contributed by atoms with E-state index in [-0.39, 0.29) is 0 Å². The van der Waals surface area contributed by atoms with Crippen LogP contribution in [0.25, 0.3) is 0 Å². The van der Waals surface area contributed by atoms with Crippen LogP contribution in [0.1, 0.15) is 0 Å². The number of carboxylic acids is 2. The largest absolute Gasteiger partial charge is 0.478 e. The van der Waals surface area contributed by atoms with Crippen molar-refractivity contribution in [1.29, 1.82) is 0 Å². The SMILES string of the molecule is Nc1cccc(N)n1.O=C(O)/C=C\C(=O)O. The van der Waals surface area contributed by atoms with Crippen LogP contribution in [0, 0.1) is 0 Å². The molecule has 16 heavy (non-hydrogen) atoms. The quantitative estimate of drug-likeness (QED) is 0.517. The number of anilines is 2. The molecule has 6 N–H and O–H groups in total. The summed E-state index contributed by atoms with van der Waals surface area (Å²) in [7, 11) is 0. The van der Waals surface area contributed by atoms with Gasteiger partial charge in [-0.25, -0.2) is 14.6 Å². The molecule has 0 aliphatic carbocycles. The Morgan fingerprint density at radius 2 is 1.44 bits per heavy atom. The van der Waals surface area contributed by atoms with Gasteiger partial charge in [-0.3, -0.25) is 0 Å². The summed E-state index contributed by atoms with van der Waals surface area (Å²) in [5, 5.41) is 15.6. The molecule has 0 aliphatic rings. The van der Waals surface area contributed by atoms with Gasteiger partial charge in [0.25, 0.3) is 0 Å². The van der Waals surface area contributed by atoms with E-state index in [0.29, 0.717) is 23.8 Å². The fourth-order valence-corrected chi connectivity index (χ4v) is 0.611. The highest BCUT2D eigenvalue weighted by Crippen LogP contribution is 1.99. The van der Waals surface area contributed by atoms with Gasteiger partial charge in [-0.1, -0.05) is 6.07 Å². The van der Waals surface area contributed by atoms with Crippen LogP contribution in [0.2, 0.25) is 0 Å². The first kappa shape index (κ1) is 13.4. The number of carboxylic acid groups (broad SMARTS) is 2. The number of aromatic nitrogens is 1. The van der Waals surface area contributed by atoms with Crippen molar-refractivity contribution >= 4 is 23.6 Å². The van der Waals surface area contributed by atoms with Crippen LogP contribution in [0.5, 0.6) is 0 Å². The number of nitrogens with zero attached hydrogens (tertiary/aromatic N) is 1.